The van der Waals surface area contributed by atoms with Crippen LogP contribution in [0.5, 0.6) is 17.2 Å². The third kappa shape index (κ3) is 3.60. The molecule has 1 amide bonds. The molecule has 3 rings (SSSR count). The molecule has 0 unspecified atom stereocenters. The highest BCUT2D eigenvalue weighted by atomic mass is 32.2. The number of aromatic hydroxyl groups is 1. The fourth-order valence-corrected chi connectivity index (χ4v) is 3.75. The molecule has 2 aromatic carbocycles. The summed E-state index contributed by atoms with van der Waals surface area (Å²) in [5.41, 5.74) is 0.580. The molecule has 138 valence electrons. The van der Waals surface area contributed by atoms with Crippen molar-refractivity contribution in [1.29, 1.82) is 0 Å². The van der Waals surface area contributed by atoms with E-state index in [0.717, 1.165) is 11.8 Å². The van der Waals surface area contributed by atoms with Crippen molar-refractivity contribution in [2.24, 2.45) is 0 Å². The second-order valence-electron chi connectivity index (χ2n) is 5.43. The quantitative estimate of drug-likeness (QED) is 0.593. The number of ether oxygens (including phenoxy) is 1. The fraction of sp³-hybridized carbons (Fsp3) is 0.0556. The summed E-state index contributed by atoms with van der Waals surface area (Å²) < 4.78 is 5.22. The van der Waals surface area contributed by atoms with Crippen LogP contribution in [0.15, 0.2) is 41.3 Å². The van der Waals surface area contributed by atoms with Gasteiger partial charge in [-0.2, -0.15) is 0 Å². The monoisotopic (exact) mass is 402 g/mol. The Morgan fingerprint density at radius 3 is 2.67 bits per heavy atom. The molecule has 1 aliphatic rings. The molecule has 27 heavy (non-hydrogen) atoms. The number of thioether (sulfide) groups is 1. The summed E-state index contributed by atoms with van der Waals surface area (Å²) in [4.78, 5) is 25.3. The van der Waals surface area contributed by atoms with E-state index in [0.29, 0.717) is 10.5 Å². The van der Waals surface area contributed by atoms with Crippen LogP contribution in [0.1, 0.15) is 15.9 Å². The third-order valence-corrected chi connectivity index (χ3v) is 5.05. The van der Waals surface area contributed by atoms with Crippen molar-refractivity contribution in [1.82, 2.24) is 0 Å². The first kappa shape index (κ1) is 18.7. The van der Waals surface area contributed by atoms with Crippen LogP contribution in [0, 0.1) is 0 Å². The minimum atomic E-state index is -1.28. The normalized spacial score (nSPS) is 15.4. The Labute approximate surface area is 163 Å². The topological polar surface area (TPSA) is 110 Å². The van der Waals surface area contributed by atoms with E-state index in [9.17, 15) is 19.8 Å². The highest BCUT2D eigenvalue weighted by molar-refractivity contribution is 8.27. The lowest BCUT2D eigenvalue weighted by Gasteiger charge is -2.15. The Hall–Kier alpha value is -3.04. The number of amides is 1. The van der Waals surface area contributed by atoms with Crippen LogP contribution < -0.4 is 14.7 Å². The van der Waals surface area contributed by atoms with Crippen molar-refractivity contribution in [3.8, 4) is 17.2 Å². The minimum absolute atomic E-state index is 0.161. The van der Waals surface area contributed by atoms with Gasteiger partial charge in [-0.3, -0.25) is 9.69 Å². The molecule has 1 heterocycles. The summed E-state index contributed by atoms with van der Waals surface area (Å²) in [5.74, 6) is -2.27. The molecule has 0 atom stereocenters. The van der Waals surface area contributed by atoms with Gasteiger partial charge in [0.15, 0.2) is 4.32 Å². The Bertz CT molecular complexity index is 1000. The van der Waals surface area contributed by atoms with Gasteiger partial charge in [0.25, 0.3) is 5.91 Å². The molecule has 9 heteroatoms. The van der Waals surface area contributed by atoms with Gasteiger partial charge in [0, 0.05) is 6.07 Å². The van der Waals surface area contributed by atoms with Gasteiger partial charge < -0.3 is 20.1 Å². The predicted octanol–water partition coefficient (Wildman–Crippen LogP) is 2.58. The van der Waals surface area contributed by atoms with E-state index in [2.05, 4.69) is 0 Å². The minimum Gasteiger partial charge on any atom is -0.870 e. The van der Waals surface area contributed by atoms with E-state index in [1.807, 2.05) is 0 Å². The lowest BCUT2D eigenvalue weighted by molar-refractivity contribution is -0.270. The van der Waals surface area contributed by atoms with Crippen LogP contribution in [0.4, 0.5) is 5.69 Å². The fourth-order valence-electron chi connectivity index (χ4n) is 2.46. The maximum atomic E-state index is 12.7. The maximum Gasteiger partial charge on any atom is 0.339 e. The molecule has 2 aromatic rings. The van der Waals surface area contributed by atoms with Crippen LogP contribution in [-0.2, 0) is 4.79 Å². The highest BCUT2D eigenvalue weighted by Crippen LogP contribution is 2.38. The van der Waals surface area contributed by atoms with Crippen molar-refractivity contribution in [2.75, 3.05) is 12.0 Å². The number of nitrogens with zero attached hydrogens (tertiary/aromatic N) is 1. The molecular formula is C18H12NO6S2-. The zero-order chi connectivity index (χ0) is 19.7. The van der Waals surface area contributed by atoms with Gasteiger partial charge in [-0.1, -0.05) is 41.9 Å². The molecule has 1 saturated heterocycles. The zero-order valence-corrected chi connectivity index (χ0v) is 15.5. The van der Waals surface area contributed by atoms with Crippen molar-refractivity contribution >= 4 is 51.9 Å². The predicted molar refractivity (Wildman–Crippen MR) is 103 cm³/mol. The maximum absolute atomic E-state index is 12.7. The lowest BCUT2D eigenvalue weighted by atomic mass is 10.1. The Balaban J connectivity index is 1.93. The van der Waals surface area contributed by atoms with Crippen LogP contribution in [0.25, 0.3) is 6.08 Å². The molecule has 0 bridgehead atoms. The molecule has 0 radical (unpaired) electrons. The smallest absolute Gasteiger partial charge is 0.339 e. The number of hydrogen-bond donors (Lipinski definition) is 2. The first-order valence-electron chi connectivity index (χ1n) is 7.51. The van der Waals surface area contributed by atoms with Gasteiger partial charge in [0.2, 0.25) is 0 Å². The molecular weight excluding hydrogens is 390 g/mol. The van der Waals surface area contributed by atoms with E-state index < -0.39 is 17.6 Å². The molecule has 1 fully saturated rings. The first-order valence-corrected chi connectivity index (χ1v) is 8.73. The van der Waals surface area contributed by atoms with E-state index in [-0.39, 0.29) is 27.1 Å². The first-order chi connectivity index (χ1) is 12.8. The second kappa shape index (κ2) is 7.29. The average Bonchev–Trinajstić information content (AvgIpc) is 2.89. The number of rotatable bonds is 4. The number of thiocarbonyl (C=S) groups is 1. The van der Waals surface area contributed by atoms with Gasteiger partial charge in [-0.05, 0) is 29.8 Å². The average molecular weight is 402 g/mol. The van der Waals surface area contributed by atoms with Crippen molar-refractivity contribution in [2.45, 2.75) is 0 Å². The molecule has 2 N–H and O–H groups in total. The molecule has 0 aliphatic carbocycles. The number of methoxy groups -OCH3 is 1. The summed E-state index contributed by atoms with van der Waals surface area (Å²) in [6.07, 6.45) is 1.58. The van der Waals surface area contributed by atoms with E-state index in [1.165, 1.54) is 42.3 Å². The number of hydrogen-bond acceptors (Lipinski definition) is 7. The number of aromatic carboxylic acids is 1. The molecule has 7 nitrogen and oxygen atoms in total. The number of anilines is 1. The van der Waals surface area contributed by atoms with Gasteiger partial charge in [-0.25, -0.2) is 4.79 Å². The molecule has 0 saturated carbocycles. The third-order valence-electron chi connectivity index (χ3n) is 3.75. The van der Waals surface area contributed by atoms with Gasteiger partial charge in [0.05, 0.1) is 17.7 Å². The van der Waals surface area contributed by atoms with Crippen molar-refractivity contribution < 1.29 is 29.6 Å². The van der Waals surface area contributed by atoms with Crippen molar-refractivity contribution in [3.63, 3.8) is 0 Å². The standard InChI is InChI=1S/C18H13NO6S2/c1-25-14-6-9(2-5-12(14)20)7-15-16(22)19(18(26)27-15)10-3-4-11(17(23)24)13(21)8-10/h2-8,20-21H,1H3,(H,23,24)/p-1/b15-7-. The second-order valence-corrected chi connectivity index (χ2v) is 7.11. The van der Waals surface area contributed by atoms with Crippen LogP contribution in [0.3, 0.4) is 0 Å². The number of carbonyl (C=O) groups excluding carboxylic acids is 1. The summed E-state index contributed by atoms with van der Waals surface area (Å²) in [5, 5.41) is 30.4. The Kier molecular flexibility index (Phi) is 5.06. The van der Waals surface area contributed by atoms with E-state index in [4.69, 9.17) is 22.1 Å². The van der Waals surface area contributed by atoms with Crippen LogP contribution in [0.2, 0.25) is 0 Å². The SMILES string of the molecule is COc1cc(/C=C2\SC(=S)N(c3ccc(C(=O)O)c(O)c3)C2=O)ccc1[O-]. The van der Waals surface area contributed by atoms with Crippen LogP contribution >= 0.6 is 24.0 Å². The number of carboxylic acids is 1. The molecule has 0 aromatic heterocycles. The van der Waals surface area contributed by atoms with Gasteiger partial charge in [-0.15, -0.1) is 0 Å². The number of phenols is 1. The highest BCUT2D eigenvalue weighted by Gasteiger charge is 2.33. The number of carboxylic acid groups (broad SMARTS) is 1. The summed E-state index contributed by atoms with van der Waals surface area (Å²) in [6.45, 7) is 0. The molecule has 0 spiro atoms. The van der Waals surface area contributed by atoms with Crippen molar-refractivity contribution in [3.05, 3.63) is 52.4 Å². The Morgan fingerprint density at radius 1 is 1.30 bits per heavy atom. The summed E-state index contributed by atoms with van der Waals surface area (Å²) >= 11 is 6.30. The summed E-state index contributed by atoms with van der Waals surface area (Å²) in [6, 6.07) is 8.19. The largest absolute Gasteiger partial charge is 0.870 e. The lowest BCUT2D eigenvalue weighted by Crippen LogP contribution is -2.27. The number of carbonyl (C=O) groups is 2. The van der Waals surface area contributed by atoms with Gasteiger partial charge in [0.1, 0.15) is 17.1 Å². The molecule has 1 aliphatic heterocycles. The summed E-state index contributed by atoms with van der Waals surface area (Å²) in [7, 11) is 1.38. The number of benzene rings is 2. The van der Waals surface area contributed by atoms with E-state index in [1.54, 1.807) is 12.1 Å². The Morgan fingerprint density at radius 2 is 2.04 bits per heavy atom. The van der Waals surface area contributed by atoms with Gasteiger partial charge >= 0.3 is 5.97 Å². The zero-order valence-electron chi connectivity index (χ0n) is 13.8. The van der Waals surface area contributed by atoms with Crippen LogP contribution in [-0.4, -0.2) is 33.5 Å². The van der Waals surface area contributed by atoms with E-state index >= 15 is 0 Å².